The van der Waals surface area contributed by atoms with Crippen molar-refractivity contribution in [3.8, 4) is 11.3 Å². The zero-order valence-corrected chi connectivity index (χ0v) is 13.3. The molecular weight excluding hydrogens is 282 g/mol. The molecule has 3 nitrogen and oxygen atoms in total. The van der Waals surface area contributed by atoms with Crippen molar-refractivity contribution in [2.24, 2.45) is 7.05 Å². The summed E-state index contributed by atoms with van der Waals surface area (Å²) in [7, 11) is 2.07. The minimum atomic E-state index is 0.908. The van der Waals surface area contributed by atoms with Crippen LogP contribution >= 0.6 is 0 Å². The highest BCUT2D eigenvalue weighted by Gasteiger charge is 2.28. The molecular formula is C20H18N3+. The maximum Gasteiger partial charge on any atom is 0.287 e. The molecule has 0 saturated heterocycles. The van der Waals surface area contributed by atoms with Gasteiger partial charge in [-0.2, -0.15) is 0 Å². The summed E-state index contributed by atoms with van der Waals surface area (Å²) in [6.07, 6.45) is 8.79. The molecule has 0 radical (unpaired) electrons. The molecule has 23 heavy (non-hydrogen) atoms. The van der Waals surface area contributed by atoms with Crippen molar-refractivity contribution in [2.45, 2.75) is 13.3 Å². The first-order valence-corrected chi connectivity index (χ1v) is 7.80. The predicted octanol–water partition coefficient (Wildman–Crippen LogP) is 3.26. The predicted molar refractivity (Wildman–Crippen MR) is 90.6 cm³/mol. The fourth-order valence-corrected chi connectivity index (χ4v) is 3.30. The molecule has 112 valence electrons. The van der Waals surface area contributed by atoms with E-state index in [1.807, 2.05) is 18.6 Å². The minimum absolute atomic E-state index is 0.908. The van der Waals surface area contributed by atoms with E-state index in [1.54, 1.807) is 6.20 Å². The van der Waals surface area contributed by atoms with E-state index in [0.29, 0.717) is 0 Å². The van der Waals surface area contributed by atoms with Crippen molar-refractivity contribution < 1.29 is 4.57 Å². The van der Waals surface area contributed by atoms with E-state index < -0.39 is 0 Å². The largest absolute Gasteiger partial charge is 0.287 e. The third-order valence-electron chi connectivity index (χ3n) is 4.42. The quantitative estimate of drug-likeness (QED) is 0.680. The SMILES string of the molecule is Cc1ccccc1-c1c2c(nc[n+]1C)C(c1cccnc1)=CC2. The second kappa shape index (κ2) is 5.43. The first kappa shape index (κ1) is 13.8. The summed E-state index contributed by atoms with van der Waals surface area (Å²) >= 11 is 0. The summed E-state index contributed by atoms with van der Waals surface area (Å²) in [5.41, 5.74) is 8.49. The lowest BCUT2D eigenvalue weighted by Crippen LogP contribution is -2.33. The van der Waals surface area contributed by atoms with Crippen molar-refractivity contribution in [3.05, 3.63) is 83.6 Å². The smallest absolute Gasteiger partial charge is 0.264 e. The molecule has 3 aromatic rings. The standard InChI is InChI=1S/C20H18N3/c1-14-6-3-4-8-16(14)20-18-10-9-17(15-7-5-11-21-12-15)19(18)22-13-23(20)2/h3-9,11-13H,10H2,1-2H3/q+1. The van der Waals surface area contributed by atoms with Crippen LogP contribution in [0.4, 0.5) is 0 Å². The van der Waals surface area contributed by atoms with Crippen LogP contribution in [0.5, 0.6) is 0 Å². The Labute approximate surface area is 136 Å². The van der Waals surface area contributed by atoms with Gasteiger partial charge in [0.1, 0.15) is 5.69 Å². The highest BCUT2D eigenvalue weighted by atomic mass is 15.0. The Bertz CT molecular complexity index is 911. The molecule has 0 fully saturated rings. The summed E-state index contributed by atoms with van der Waals surface area (Å²) < 4.78 is 2.13. The van der Waals surface area contributed by atoms with E-state index in [-0.39, 0.29) is 0 Å². The average molecular weight is 300 g/mol. The maximum absolute atomic E-state index is 4.70. The van der Waals surface area contributed by atoms with Gasteiger partial charge in [0.15, 0.2) is 5.69 Å². The van der Waals surface area contributed by atoms with Gasteiger partial charge in [0.2, 0.25) is 0 Å². The van der Waals surface area contributed by atoms with Crippen LogP contribution in [0, 0.1) is 6.92 Å². The number of rotatable bonds is 2. The lowest BCUT2D eigenvalue weighted by Gasteiger charge is -2.10. The fourth-order valence-electron chi connectivity index (χ4n) is 3.30. The zero-order valence-electron chi connectivity index (χ0n) is 13.3. The van der Waals surface area contributed by atoms with Crippen molar-refractivity contribution in [3.63, 3.8) is 0 Å². The van der Waals surface area contributed by atoms with Crippen LogP contribution in [0.3, 0.4) is 0 Å². The Morgan fingerprint density at radius 3 is 2.74 bits per heavy atom. The molecule has 0 bridgehead atoms. The van der Waals surface area contributed by atoms with Gasteiger partial charge < -0.3 is 0 Å². The van der Waals surface area contributed by atoms with Crippen molar-refractivity contribution in [1.29, 1.82) is 0 Å². The summed E-state index contributed by atoms with van der Waals surface area (Å²) in [5, 5.41) is 0. The molecule has 2 heterocycles. The molecule has 0 amide bonds. The Morgan fingerprint density at radius 2 is 1.96 bits per heavy atom. The van der Waals surface area contributed by atoms with Gasteiger partial charge in [-0.05, 0) is 23.5 Å². The van der Waals surface area contributed by atoms with Crippen LogP contribution < -0.4 is 4.57 Å². The molecule has 3 heteroatoms. The van der Waals surface area contributed by atoms with Crippen LogP contribution in [-0.2, 0) is 13.5 Å². The van der Waals surface area contributed by atoms with Crippen LogP contribution in [-0.4, -0.2) is 9.97 Å². The van der Waals surface area contributed by atoms with Crippen molar-refractivity contribution in [2.75, 3.05) is 0 Å². The average Bonchev–Trinajstić information content (AvgIpc) is 3.00. The van der Waals surface area contributed by atoms with E-state index in [9.17, 15) is 0 Å². The normalized spacial score (nSPS) is 12.9. The third-order valence-corrected chi connectivity index (χ3v) is 4.42. The van der Waals surface area contributed by atoms with Gasteiger partial charge in [0.05, 0.1) is 12.6 Å². The topological polar surface area (TPSA) is 29.7 Å². The number of fused-ring (bicyclic) bond motifs is 1. The second-order valence-electron chi connectivity index (χ2n) is 5.91. The molecule has 0 spiro atoms. The van der Waals surface area contributed by atoms with Crippen LogP contribution in [0.1, 0.15) is 22.4 Å². The van der Waals surface area contributed by atoms with E-state index in [1.165, 1.54) is 28.0 Å². The lowest BCUT2D eigenvalue weighted by atomic mass is 9.98. The Kier molecular flexibility index (Phi) is 3.27. The fraction of sp³-hybridized carbons (Fsp3) is 0.150. The van der Waals surface area contributed by atoms with E-state index in [4.69, 9.17) is 4.98 Å². The van der Waals surface area contributed by atoms with Gasteiger partial charge in [-0.1, -0.05) is 36.4 Å². The highest BCUT2D eigenvalue weighted by molar-refractivity contribution is 5.85. The van der Waals surface area contributed by atoms with Gasteiger partial charge in [-0.15, -0.1) is 0 Å². The number of hydrogen-bond donors (Lipinski definition) is 0. The summed E-state index contributed by atoms with van der Waals surface area (Å²) in [6.45, 7) is 2.16. The number of aryl methyl sites for hydroxylation is 2. The van der Waals surface area contributed by atoms with E-state index in [2.05, 4.69) is 59.9 Å². The molecule has 4 rings (SSSR count). The molecule has 1 aliphatic carbocycles. The lowest BCUT2D eigenvalue weighted by molar-refractivity contribution is -0.663. The molecule has 0 unspecified atom stereocenters. The number of benzene rings is 1. The van der Waals surface area contributed by atoms with Crippen LogP contribution in [0.15, 0.2) is 61.2 Å². The van der Waals surface area contributed by atoms with Crippen LogP contribution in [0.25, 0.3) is 16.8 Å². The summed E-state index contributed by atoms with van der Waals surface area (Å²) in [4.78, 5) is 8.94. The molecule has 2 aromatic heterocycles. The molecule has 0 atom stereocenters. The molecule has 1 aliphatic rings. The Hall–Kier alpha value is -2.81. The van der Waals surface area contributed by atoms with Gasteiger partial charge in [-0.25, -0.2) is 4.57 Å². The Balaban J connectivity index is 1.90. The van der Waals surface area contributed by atoms with Gasteiger partial charge >= 0.3 is 0 Å². The number of pyridine rings is 1. The highest BCUT2D eigenvalue weighted by Crippen LogP contribution is 2.35. The maximum atomic E-state index is 4.70. The molecule has 1 aromatic carbocycles. The Morgan fingerprint density at radius 1 is 1.09 bits per heavy atom. The minimum Gasteiger partial charge on any atom is -0.264 e. The molecule has 0 N–H and O–H groups in total. The molecule has 0 saturated carbocycles. The first-order chi connectivity index (χ1) is 11.3. The van der Waals surface area contributed by atoms with Crippen LogP contribution in [0.2, 0.25) is 0 Å². The van der Waals surface area contributed by atoms with Gasteiger partial charge in [0.25, 0.3) is 6.33 Å². The van der Waals surface area contributed by atoms with Gasteiger partial charge in [-0.3, -0.25) is 4.98 Å². The zero-order chi connectivity index (χ0) is 15.8. The first-order valence-electron chi connectivity index (χ1n) is 7.80. The third kappa shape index (κ3) is 2.25. The van der Waals surface area contributed by atoms with E-state index in [0.717, 1.165) is 17.7 Å². The van der Waals surface area contributed by atoms with Crippen molar-refractivity contribution in [1.82, 2.24) is 9.97 Å². The summed E-state index contributed by atoms with van der Waals surface area (Å²) in [5.74, 6) is 0. The van der Waals surface area contributed by atoms with Crippen molar-refractivity contribution >= 4 is 5.57 Å². The monoisotopic (exact) mass is 300 g/mol. The number of nitrogens with zero attached hydrogens (tertiary/aromatic N) is 3. The number of aromatic nitrogens is 3. The second-order valence-corrected chi connectivity index (χ2v) is 5.91. The number of hydrogen-bond acceptors (Lipinski definition) is 2. The van der Waals surface area contributed by atoms with Gasteiger partial charge in [0, 0.05) is 35.5 Å². The van der Waals surface area contributed by atoms with E-state index >= 15 is 0 Å². The molecule has 0 aliphatic heterocycles. The number of allylic oxidation sites excluding steroid dienone is 1. The summed E-state index contributed by atoms with van der Waals surface area (Å²) in [6, 6.07) is 12.6.